The molecule has 1 N–H and O–H groups in total. The molecule has 0 unspecified atom stereocenters. The maximum absolute atomic E-state index is 12.3. The molecule has 1 amide bonds. The third kappa shape index (κ3) is 4.37. The van der Waals surface area contributed by atoms with E-state index in [2.05, 4.69) is 15.6 Å². The van der Waals surface area contributed by atoms with Gasteiger partial charge in [-0.05, 0) is 43.7 Å². The summed E-state index contributed by atoms with van der Waals surface area (Å²) in [6, 6.07) is 16.8. The Balaban J connectivity index is 1.68. The molecule has 0 aliphatic rings. The first-order valence-corrected chi connectivity index (χ1v) is 8.58. The van der Waals surface area contributed by atoms with Crippen LogP contribution >= 0.6 is 11.6 Å². The zero-order valence-corrected chi connectivity index (χ0v) is 15.4. The van der Waals surface area contributed by atoms with Gasteiger partial charge in [0.25, 0.3) is 5.91 Å². The van der Waals surface area contributed by atoms with E-state index in [1.165, 1.54) is 6.21 Å². The highest BCUT2D eigenvalue weighted by Gasteiger charge is 2.07. The first kappa shape index (κ1) is 17.9. The highest BCUT2D eigenvalue weighted by molar-refractivity contribution is 6.33. The highest BCUT2D eigenvalue weighted by Crippen LogP contribution is 2.12. The Morgan fingerprint density at radius 3 is 2.73 bits per heavy atom. The lowest BCUT2D eigenvalue weighted by atomic mass is 10.1. The van der Waals surface area contributed by atoms with Crippen LogP contribution < -0.4 is 5.43 Å². The van der Waals surface area contributed by atoms with Crippen molar-refractivity contribution in [1.29, 1.82) is 0 Å². The molecule has 3 aromatic rings. The summed E-state index contributed by atoms with van der Waals surface area (Å²) in [6.45, 7) is 4.59. The Morgan fingerprint density at radius 1 is 1.19 bits per heavy atom. The maximum Gasteiger partial charge on any atom is 0.271 e. The van der Waals surface area contributed by atoms with Crippen molar-refractivity contribution < 1.29 is 4.79 Å². The van der Waals surface area contributed by atoms with Crippen molar-refractivity contribution in [3.8, 4) is 0 Å². The van der Waals surface area contributed by atoms with Gasteiger partial charge in [-0.1, -0.05) is 41.9 Å². The zero-order valence-electron chi connectivity index (χ0n) is 14.6. The van der Waals surface area contributed by atoms with Crippen LogP contribution in [0.4, 0.5) is 0 Å². The summed E-state index contributed by atoms with van der Waals surface area (Å²) in [5, 5.41) is 9.02. The van der Waals surface area contributed by atoms with Gasteiger partial charge < -0.3 is 0 Å². The highest BCUT2D eigenvalue weighted by atomic mass is 35.5. The molecule has 132 valence electrons. The van der Waals surface area contributed by atoms with Crippen LogP contribution in [0.1, 0.15) is 32.9 Å². The van der Waals surface area contributed by atoms with Crippen molar-refractivity contribution in [3.63, 3.8) is 0 Å². The fraction of sp³-hybridized carbons (Fsp3) is 0.150. The number of amides is 1. The number of halogens is 1. The van der Waals surface area contributed by atoms with Gasteiger partial charge in [-0.3, -0.25) is 9.48 Å². The van der Waals surface area contributed by atoms with Gasteiger partial charge in [-0.2, -0.15) is 10.2 Å². The molecule has 0 saturated carbocycles. The van der Waals surface area contributed by atoms with Crippen molar-refractivity contribution in [1.82, 2.24) is 15.2 Å². The van der Waals surface area contributed by atoms with Crippen LogP contribution in [-0.2, 0) is 6.54 Å². The lowest BCUT2D eigenvalue weighted by molar-refractivity contribution is 0.0955. The molecule has 0 aliphatic heterocycles. The second-order valence-corrected chi connectivity index (χ2v) is 6.41. The minimum atomic E-state index is -0.275. The van der Waals surface area contributed by atoms with Gasteiger partial charge >= 0.3 is 0 Å². The van der Waals surface area contributed by atoms with Crippen molar-refractivity contribution in [3.05, 3.63) is 87.7 Å². The summed E-state index contributed by atoms with van der Waals surface area (Å²) >= 11 is 6.06. The lowest BCUT2D eigenvalue weighted by Gasteiger charge is -2.07. The molecular formula is C20H19ClN4O. The van der Waals surface area contributed by atoms with Gasteiger partial charge in [-0.25, -0.2) is 5.43 Å². The Bertz CT molecular complexity index is 962. The van der Waals surface area contributed by atoms with Crippen LogP contribution in [0.5, 0.6) is 0 Å². The number of hydrazone groups is 1. The molecule has 0 radical (unpaired) electrons. The average Bonchev–Trinajstić information content (AvgIpc) is 2.94. The molecule has 0 fully saturated rings. The van der Waals surface area contributed by atoms with Crippen LogP contribution in [0.15, 0.2) is 59.7 Å². The predicted molar refractivity (Wildman–Crippen MR) is 104 cm³/mol. The Kier molecular flexibility index (Phi) is 5.49. The number of carbonyl (C=O) groups excluding carboxylic acids is 1. The first-order chi connectivity index (χ1) is 12.5. The smallest absolute Gasteiger partial charge is 0.267 e. The molecule has 26 heavy (non-hydrogen) atoms. The van der Waals surface area contributed by atoms with E-state index in [1.54, 1.807) is 12.1 Å². The third-order valence-electron chi connectivity index (χ3n) is 3.90. The van der Waals surface area contributed by atoms with Crippen molar-refractivity contribution >= 4 is 23.7 Å². The number of nitrogens with zero attached hydrogens (tertiary/aromatic N) is 3. The molecule has 0 spiro atoms. The molecule has 6 heteroatoms. The maximum atomic E-state index is 12.3. The van der Waals surface area contributed by atoms with Gasteiger partial charge in [0, 0.05) is 21.8 Å². The summed E-state index contributed by atoms with van der Waals surface area (Å²) in [6.07, 6.45) is 1.53. The van der Waals surface area contributed by atoms with E-state index in [4.69, 9.17) is 11.6 Å². The molecule has 2 aromatic carbocycles. The van der Waals surface area contributed by atoms with Crippen LogP contribution in [0, 0.1) is 13.8 Å². The molecule has 0 saturated heterocycles. The standard InChI is InChI=1S/C20H19ClN4O/c1-14-10-15(2)25(24-14)13-16-6-5-8-17(11-16)20(26)23-22-12-18-7-3-4-9-19(18)21/h3-12H,13H2,1-2H3,(H,23,26)/b22-12-. The van der Waals surface area contributed by atoms with Gasteiger partial charge in [-0.15, -0.1) is 0 Å². The number of hydrogen-bond acceptors (Lipinski definition) is 3. The fourth-order valence-corrected chi connectivity index (χ4v) is 2.81. The lowest BCUT2D eigenvalue weighted by Crippen LogP contribution is -2.18. The molecule has 1 aromatic heterocycles. The first-order valence-electron chi connectivity index (χ1n) is 8.21. The van der Waals surface area contributed by atoms with E-state index in [0.29, 0.717) is 17.1 Å². The van der Waals surface area contributed by atoms with Crippen molar-refractivity contribution in [2.45, 2.75) is 20.4 Å². The molecule has 0 bridgehead atoms. The molecular weight excluding hydrogens is 348 g/mol. The predicted octanol–water partition coefficient (Wildman–Crippen LogP) is 3.97. The number of hydrogen-bond donors (Lipinski definition) is 1. The minimum absolute atomic E-state index is 0.275. The van der Waals surface area contributed by atoms with Gasteiger partial charge in [0.1, 0.15) is 0 Å². The average molecular weight is 367 g/mol. The summed E-state index contributed by atoms with van der Waals surface area (Å²) in [5.74, 6) is -0.275. The third-order valence-corrected chi connectivity index (χ3v) is 4.24. The van der Waals surface area contributed by atoms with Gasteiger partial charge in [0.2, 0.25) is 0 Å². The second-order valence-electron chi connectivity index (χ2n) is 6.01. The number of rotatable bonds is 5. The summed E-state index contributed by atoms with van der Waals surface area (Å²) < 4.78 is 1.92. The summed E-state index contributed by atoms with van der Waals surface area (Å²) in [7, 11) is 0. The Hall–Kier alpha value is -2.92. The van der Waals surface area contributed by atoms with Gasteiger partial charge in [0.15, 0.2) is 0 Å². The summed E-state index contributed by atoms with van der Waals surface area (Å²) in [4.78, 5) is 12.3. The van der Waals surface area contributed by atoms with E-state index < -0.39 is 0 Å². The molecule has 5 nitrogen and oxygen atoms in total. The summed E-state index contributed by atoms with van der Waals surface area (Å²) in [5.41, 5.74) is 6.88. The van der Waals surface area contributed by atoms with E-state index in [-0.39, 0.29) is 5.91 Å². The number of aryl methyl sites for hydroxylation is 2. The normalized spacial score (nSPS) is 11.0. The van der Waals surface area contributed by atoms with E-state index >= 15 is 0 Å². The monoisotopic (exact) mass is 366 g/mol. The molecule has 3 rings (SSSR count). The SMILES string of the molecule is Cc1cc(C)n(Cc2cccc(C(=O)N/N=C\c3ccccc3Cl)c2)n1. The Morgan fingerprint density at radius 2 is 2.00 bits per heavy atom. The topological polar surface area (TPSA) is 59.3 Å². The number of nitrogens with one attached hydrogen (secondary N) is 1. The second kappa shape index (κ2) is 7.97. The van der Waals surface area contributed by atoms with Crippen molar-refractivity contribution in [2.75, 3.05) is 0 Å². The fourth-order valence-electron chi connectivity index (χ4n) is 2.62. The van der Waals surface area contributed by atoms with Crippen LogP contribution in [0.25, 0.3) is 0 Å². The Labute approximate surface area is 157 Å². The minimum Gasteiger partial charge on any atom is -0.267 e. The van der Waals surface area contributed by atoms with E-state index in [1.807, 2.05) is 61.0 Å². The number of benzene rings is 2. The quantitative estimate of drug-likeness (QED) is 0.548. The van der Waals surface area contributed by atoms with Crippen LogP contribution in [-0.4, -0.2) is 21.9 Å². The molecule has 0 aliphatic carbocycles. The van der Waals surface area contributed by atoms with E-state index in [9.17, 15) is 4.79 Å². The number of aromatic nitrogens is 2. The molecule has 0 atom stereocenters. The largest absolute Gasteiger partial charge is 0.271 e. The van der Waals surface area contributed by atoms with E-state index in [0.717, 1.165) is 22.5 Å². The zero-order chi connectivity index (χ0) is 18.5. The van der Waals surface area contributed by atoms with Crippen molar-refractivity contribution in [2.24, 2.45) is 5.10 Å². The van der Waals surface area contributed by atoms with Crippen LogP contribution in [0.2, 0.25) is 5.02 Å². The van der Waals surface area contributed by atoms with Gasteiger partial charge in [0.05, 0.1) is 18.5 Å². The number of carbonyl (C=O) groups is 1. The molecule has 1 heterocycles. The van der Waals surface area contributed by atoms with Crippen LogP contribution in [0.3, 0.4) is 0 Å².